The quantitative estimate of drug-likeness (QED) is 0.660. The summed E-state index contributed by atoms with van der Waals surface area (Å²) in [6.45, 7) is 7.96. The molecule has 2 aromatic rings. The topological polar surface area (TPSA) is 63.9 Å². The second kappa shape index (κ2) is 9.40. The van der Waals surface area contributed by atoms with Gasteiger partial charge in [-0.05, 0) is 28.7 Å². The number of likely N-dealkylation sites (tertiary alicyclic amines) is 1. The Hall–Kier alpha value is -1.40. The molecule has 1 aliphatic heterocycles. The van der Waals surface area contributed by atoms with Gasteiger partial charge in [0.25, 0.3) is 0 Å². The molecule has 0 aromatic heterocycles. The maximum absolute atomic E-state index is 11.4. The lowest BCUT2D eigenvalue weighted by Crippen LogP contribution is -2.60. The van der Waals surface area contributed by atoms with E-state index in [4.69, 9.17) is 0 Å². The van der Waals surface area contributed by atoms with Crippen molar-refractivity contribution in [3.63, 3.8) is 0 Å². The molecule has 0 spiro atoms. The number of hydrogen-bond acceptors (Lipinski definition) is 4. The van der Waals surface area contributed by atoms with Crippen molar-refractivity contribution in [2.45, 2.75) is 45.4 Å². The minimum absolute atomic E-state index is 0. The number of phenols is 1. The molecule has 1 fully saturated rings. The minimum Gasteiger partial charge on any atom is -0.508 e. The van der Waals surface area contributed by atoms with Crippen LogP contribution in [0.1, 0.15) is 37.8 Å². The van der Waals surface area contributed by atoms with Crippen molar-refractivity contribution in [1.29, 1.82) is 0 Å². The summed E-state index contributed by atoms with van der Waals surface area (Å²) in [7, 11) is 0. The smallest absolute Gasteiger partial charge is 0.115 e. The SMILES string of the molecule is Br.CC(C)(C)C1C(O)C(c2ccc(O)cc2)C(CO)CN1Cc1ccccc1. The van der Waals surface area contributed by atoms with Gasteiger partial charge in [-0.25, -0.2) is 0 Å². The van der Waals surface area contributed by atoms with Crippen LogP contribution in [0.3, 0.4) is 0 Å². The summed E-state index contributed by atoms with van der Waals surface area (Å²) in [4.78, 5) is 2.32. The number of aliphatic hydroxyl groups is 2. The highest BCUT2D eigenvalue weighted by Crippen LogP contribution is 2.42. The van der Waals surface area contributed by atoms with Crippen LogP contribution < -0.4 is 0 Å². The normalized spacial score (nSPS) is 25.9. The Labute approximate surface area is 178 Å². The highest BCUT2D eigenvalue weighted by atomic mass is 79.9. The van der Waals surface area contributed by atoms with Gasteiger partial charge < -0.3 is 15.3 Å². The lowest BCUT2D eigenvalue weighted by atomic mass is 9.69. The van der Waals surface area contributed by atoms with Gasteiger partial charge >= 0.3 is 0 Å². The van der Waals surface area contributed by atoms with Crippen LogP contribution in [0.15, 0.2) is 54.6 Å². The first kappa shape index (κ1) is 22.9. The summed E-state index contributed by atoms with van der Waals surface area (Å²) in [5.41, 5.74) is 2.05. The number of benzene rings is 2. The highest BCUT2D eigenvalue weighted by Gasteiger charge is 2.47. The van der Waals surface area contributed by atoms with Crippen molar-refractivity contribution in [1.82, 2.24) is 4.90 Å². The second-order valence-electron chi connectivity index (χ2n) is 8.78. The van der Waals surface area contributed by atoms with E-state index in [0.717, 1.165) is 18.7 Å². The summed E-state index contributed by atoms with van der Waals surface area (Å²) in [5.74, 6) is -0.0126. The molecule has 0 amide bonds. The molecular weight excluding hydrogens is 418 g/mol. The molecular formula is C23H32BrNO3. The maximum atomic E-state index is 11.4. The van der Waals surface area contributed by atoms with E-state index in [1.807, 2.05) is 30.3 Å². The average molecular weight is 450 g/mol. The van der Waals surface area contributed by atoms with Crippen LogP contribution >= 0.6 is 17.0 Å². The molecule has 154 valence electrons. The van der Waals surface area contributed by atoms with Gasteiger partial charge in [0.05, 0.1) is 6.10 Å². The third kappa shape index (κ3) is 4.95. The van der Waals surface area contributed by atoms with Crippen LogP contribution in [0, 0.1) is 11.3 Å². The third-order valence-electron chi connectivity index (χ3n) is 5.69. The summed E-state index contributed by atoms with van der Waals surface area (Å²) in [5, 5.41) is 31.1. The van der Waals surface area contributed by atoms with Gasteiger partial charge in [-0.15, -0.1) is 17.0 Å². The Kier molecular flexibility index (Phi) is 7.68. The first-order chi connectivity index (χ1) is 12.8. The summed E-state index contributed by atoms with van der Waals surface area (Å²) < 4.78 is 0. The Morgan fingerprint density at radius 2 is 1.61 bits per heavy atom. The van der Waals surface area contributed by atoms with Crippen molar-refractivity contribution in [2.24, 2.45) is 11.3 Å². The van der Waals surface area contributed by atoms with Crippen LogP contribution in [0.25, 0.3) is 0 Å². The third-order valence-corrected chi connectivity index (χ3v) is 5.69. The molecule has 1 heterocycles. The maximum Gasteiger partial charge on any atom is 0.115 e. The van der Waals surface area contributed by atoms with Crippen molar-refractivity contribution >= 4 is 17.0 Å². The standard InChI is InChI=1S/C23H31NO3.BrH/c1-23(2,3)22-21(27)20(17-9-11-19(26)12-10-17)18(15-25)14-24(22)13-16-7-5-4-6-8-16;/h4-12,18,20-22,25-27H,13-15H2,1-3H3;1H. The Balaban J connectivity index is 0.00000280. The number of halogens is 1. The number of aliphatic hydroxyl groups excluding tert-OH is 2. The van der Waals surface area contributed by atoms with Crippen molar-refractivity contribution in [3.05, 3.63) is 65.7 Å². The second-order valence-corrected chi connectivity index (χ2v) is 8.78. The summed E-state index contributed by atoms with van der Waals surface area (Å²) >= 11 is 0. The highest BCUT2D eigenvalue weighted by molar-refractivity contribution is 8.93. The molecule has 2 aromatic carbocycles. The molecule has 3 rings (SSSR count). The predicted molar refractivity (Wildman–Crippen MR) is 118 cm³/mol. The van der Waals surface area contributed by atoms with E-state index in [2.05, 4.69) is 37.8 Å². The number of rotatable bonds is 4. The molecule has 4 atom stereocenters. The molecule has 28 heavy (non-hydrogen) atoms. The molecule has 4 nitrogen and oxygen atoms in total. The van der Waals surface area contributed by atoms with Crippen LogP contribution in [0.2, 0.25) is 0 Å². The zero-order chi connectivity index (χ0) is 19.6. The summed E-state index contributed by atoms with van der Waals surface area (Å²) in [6.07, 6.45) is -0.607. The van der Waals surface area contributed by atoms with Gasteiger partial charge in [-0.1, -0.05) is 63.2 Å². The minimum atomic E-state index is -0.607. The van der Waals surface area contributed by atoms with E-state index in [1.165, 1.54) is 5.56 Å². The lowest BCUT2D eigenvalue weighted by molar-refractivity contribution is -0.0878. The number of aromatic hydroxyl groups is 1. The Morgan fingerprint density at radius 3 is 2.14 bits per heavy atom. The first-order valence-corrected chi connectivity index (χ1v) is 9.67. The van der Waals surface area contributed by atoms with Crippen LogP contribution in [-0.2, 0) is 6.54 Å². The monoisotopic (exact) mass is 449 g/mol. The van der Waals surface area contributed by atoms with Gasteiger partial charge in [0.1, 0.15) is 5.75 Å². The number of phenolic OH excluding ortho intramolecular Hbond substituents is 1. The van der Waals surface area contributed by atoms with Gasteiger partial charge in [0.2, 0.25) is 0 Å². The largest absolute Gasteiger partial charge is 0.508 e. The van der Waals surface area contributed by atoms with Crippen molar-refractivity contribution < 1.29 is 15.3 Å². The fourth-order valence-electron chi connectivity index (χ4n) is 4.60. The van der Waals surface area contributed by atoms with E-state index in [1.54, 1.807) is 12.1 Å². The molecule has 0 bridgehead atoms. The fourth-order valence-corrected chi connectivity index (χ4v) is 4.60. The lowest BCUT2D eigenvalue weighted by Gasteiger charge is -2.52. The molecule has 4 unspecified atom stereocenters. The molecule has 5 heteroatoms. The van der Waals surface area contributed by atoms with E-state index in [-0.39, 0.29) is 52.6 Å². The number of nitrogens with zero attached hydrogens (tertiary/aromatic N) is 1. The summed E-state index contributed by atoms with van der Waals surface area (Å²) in [6, 6.07) is 17.3. The first-order valence-electron chi connectivity index (χ1n) is 9.67. The van der Waals surface area contributed by atoms with Crippen molar-refractivity contribution in [3.8, 4) is 5.75 Å². The van der Waals surface area contributed by atoms with Crippen LogP contribution in [-0.4, -0.2) is 45.5 Å². The predicted octanol–water partition coefficient (Wildman–Crippen LogP) is 3.95. The van der Waals surface area contributed by atoms with Crippen LogP contribution in [0.4, 0.5) is 0 Å². The molecule has 0 radical (unpaired) electrons. The van der Waals surface area contributed by atoms with E-state index in [9.17, 15) is 15.3 Å². The molecule has 0 saturated carbocycles. The van der Waals surface area contributed by atoms with Gasteiger partial charge in [-0.3, -0.25) is 4.90 Å². The Bertz CT molecular complexity index is 730. The van der Waals surface area contributed by atoms with Gasteiger partial charge in [0.15, 0.2) is 0 Å². The van der Waals surface area contributed by atoms with E-state index in [0.29, 0.717) is 0 Å². The van der Waals surface area contributed by atoms with Crippen molar-refractivity contribution in [2.75, 3.05) is 13.2 Å². The number of piperidine rings is 1. The molecule has 3 N–H and O–H groups in total. The van der Waals surface area contributed by atoms with Gasteiger partial charge in [-0.2, -0.15) is 0 Å². The zero-order valence-electron chi connectivity index (χ0n) is 16.8. The fraction of sp³-hybridized carbons (Fsp3) is 0.478. The average Bonchev–Trinajstić information content (AvgIpc) is 2.62. The Morgan fingerprint density at radius 1 is 1.00 bits per heavy atom. The van der Waals surface area contributed by atoms with Crippen LogP contribution in [0.5, 0.6) is 5.75 Å². The number of hydrogen-bond donors (Lipinski definition) is 3. The zero-order valence-corrected chi connectivity index (χ0v) is 18.5. The molecule has 1 aliphatic rings. The molecule has 1 saturated heterocycles. The van der Waals surface area contributed by atoms with E-state index >= 15 is 0 Å². The molecule has 0 aliphatic carbocycles. The van der Waals surface area contributed by atoms with E-state index < -0.39 is 6.10 Å². The van der Waals surface area contributed by atoms with Gasteiger partial charge in [0, 0.05) is 37.6 Å².